The van der Waals surface area contributed by atoms with E-state index in [1.54, 1.807) is 0 Å². The Morgan fingerprint density at radius 1 is 1.62 bits per heavy atom. The van der Waals surface area contributed by atoms with Crippen LogP contribution in [0.1, 0.15) is 32.6 Å². The van der Waals surface area contributed by atoms with Crippen molar-refractivity contribution in [2.45, 2.75) is 44.8 Å². The van der Waals surface area contributed by atoms with Gasteiger partial charge in [-0.25, -0.2) is 0 Å². The van der Waals surface area contributed by atoms with E-state index in [0.717, 1.165) is 19.3 Å². The molecular formula is C10H18N2O. The molecule has 2 unspecified atom stereocenters. The number of aliphatic hydroxyl groups excluding tert-OH is 1. The first-order chi connectivity index (χ1) is 6.27. The van der Waals surface area contributed by atoms with E-state index in [4.69, 9.17) is 5.26 Å². The highest BCUT2D eigenvalue weighted by molar-refractivity contribution is 4.85. The Bertz CT molecular complexity index is 184. The summed E-state index contributed by atoms with van der Waals surface area (Å²) in [5.41, 5.74) is 0. The van der Waals surface area contributed by atoms with E-state index in [9.17, 15) is 5.11 Å². The number of nitrogens with one attached hydrogen (secondary N) is 1. The molecule has 1 fully saturated rings. The molecule has 0 radical (unpaired) electrons. The minimum atomic E-state index is -0.201. The molecule has 0 aliphatic heterocycles. The second kappa shape index (κ2) is 5.21. The minimum Gasteiger partial charge on any atom is -0.392 e. The molecule has 1 rings (SSSR count). The van der Waals surface area contributed by atoms with Crippen LogP contribution in [-0.4, -0.2) is 23.8 Å². The summed E-state index contributed by atoms with van der Waals surface area (Å²) >= 11 is 0. The molecule has 13 heavy (non-hydrogen) atoms. The van der Waals surface area contributed by atoms with Gasteiger partial charge in [-0.1, -0.05) is 6.92 Å². The molecule has 2 N–H and O–H groups in total. The van der Waals surface area contributed by atoms with Gasteiger partial charge in [0.15, 0.2) is 0 Å². The lowest BCUT2D eigenvalue weighted by Crippen LogP contribution is -2.35. The average Bonchev–Trinajstić information content (AvgIpc) is 2.94. The van der Waals surface area contributed by atoms with Crippen molar-refractivity contribution in [1.82, 2.24) is 5.32 Å². The Hall–Kier alpha value is -0.590. The first-order valence-electron chi connectivity index (χ1n) is 5.06. The number of nitriles is 1. The van der Waals surface area contributed by atoms with Crippen LogP contribution in [0.2, 0.25) is 0 Å². The zero-order chi connectivity index (χ0) is 9.68. The first-order valence-corrected chi connectivity index (χ1v) is 5.06. The smallest absolute Gasteiger partial charge is 0.0692 e. The monoisotopic (exact) mass is 182 g/mol. The molecule has 0 spiro atoms. The molecule has 3 heteroatoms. The summed E-state index contributed by atoms with van der Waals surface area (Å²) in [7, 11) is 0. The van der Waals surface area contributed by atoms with Crippen LogP contribution in [0.5, 0.6) is 0 Å². The van der Waals surface area contributed by atoms with E-state index in [1.165, 1.54) is 0 Å². The maximum atomic E-state index is 9.56. The molecule has 0 saturated heterocycles. The maximum Gasteiger partial charge on any atom is 0.0692 e. The number of nitrogens with zero attached hydrogens (tertiary/aromatic N) is 1. The number of hydrogen-bond acceptors (Lipinski definition) is 3. The topological polar surface area (TPSA) is 56.0 Å². The Balaban J connectivity index is 2.11. The van der Waals surface area contributed by atoms with Gasteiger partial charge in [0.25, 0.3) is 0 Å². The normalized spacial score (nSPS) is 20.7. The van der Waals surface area contributed by atoms with Crippen LogP contribution in [-0.2, 0) is 0 Å². The van der Waals surface area contributed by atoms with E-state index in [2.05, 4.69) is 18.3 Å². The van der Waals surface area contributed by atoms with Crippen molar-refractivity contribution in [1.29, 1.82) is 5.26 Å². The van der Waals surface area contributed by atoms with Crippen molar-refractivity contribution >= 4 is 0 Å². The molecule has 1 aliphatic rings. The first kappa shape index (κ1) is 10.5. The van der Waals surface area contributed by atoms with Crippen LogP contribution in [0, 0.1) is 17.2 Å². The summed E-state index contributed by atoms with van der Waals surface area (Å²) in [5.74, 6) is 0.520. The van der Waals surface area contributed by atoms with E-state index in [-0.39, 0.29) is 12.1 Å². The number of aliphatic hydroxyl groups is 1. The van der Waals surface area contributed by atoms with Crippen LogP contribution in [0.3, 0.4) is 0 Å². The van der Waals surface area contributed by atoms with Crippen molar-refractivity contribution in [3.05, 3.63) is 0 Å². The van der Waals surface area contributed by atoms with Gasteiger partial charge >= 0.3 is 0 Å². The Labute approximate surface area is 79.8 Å². The van der Waals surface area contributed by atoms with E-state index < -0.39 is 0 Å². The predicted octanol–water partition coefficient (Wildman–Crippen LogP) is 1.04. The lowest BCUT2D eigenvalue weighted by atomic mass is 10.1. The van der Waals surface area contributed by atoms with Crippen LogP contribution >= 0.6 is 0 Å². The van der Waals surface area contributed by atoms with Gasteiger partial charge in [0.2, 0.25) is 0 Å². The molecule has 3 nitrogen and oxygen atoms in total. The molecule has 0 aromatic heterocycles. The Kier molecular flexibility index (Phi) is 4.20. The fraction of sp³-hybridized carbons (Fsp3) is 0.900. The highest BCUT2D eigenvalue weighted by Gasteiger charge is 2.29. The molecule has 0 aromatic rings. The minimum absolute atomic E-state index is 0.201. The molecule has 0 aromatic carbocycles. The summed E-state index contributed by atoms with van der Waals surface area (Å²) in [4.78, 5) is 0. The summed E-state index contributed by atoms with van der Waals surface area (Å²) in [6.45, 7) is 2.70. The van der Waals surface area contributed by atoms with Gasteiger partial charge in [-0.15, -0.1) is 0 Å². The van der Waals surface area contributed by atoms with Crippen molar-refractivity contribution in [2.75, 3.05) is 6.54 Å². The summed E-state index contributed by atoms with van der Waals surface area (Å²) in [6.07, 6.45) is 3.61. The number of rotatable bonds is 6. The zero-order valence-corrected chi connectivity index (χ0v) is 8.16. The van der Waals surface area contributed by atoms with Crippen LogP contribution < -0.4 is 5.32 Å². The Morgan fingerprint density at radius 2 is 2.31 bits per heavy atom. The number of hydrogen-bond donors (Lipinski definition) is 2. The largest absolute Gasteiger partial charge is 0.392 e. The fourth-order valence-electron chi connectivity index (χ4n) is 1.41. The zero-order valence-electron chi connectivity index (χ0n) is 8.16. The van der Waals surface area contributed by atoms with E-state index in [1.807, 2.05) is 0 Å². The molecule has 1 aliphatic carbocycles. The van der Waals surface area contributed by atoms with Gasteiger partial charge in [0.05, 0.1) is 18.6 Å². The van der Waals surface area contributed by atoms with E-state index >= 15 is 0 Å². The summed E-state index contributed by atoms with van der Waals surface area (Å²) in [6, 6.07) is 2.39. The molecule has 2 atom stereocenters. The van der Waals surface area contributed by atoms with Crippen molar-refractivity contribution < 1.29 is 5.11 Å². The summed E-state index contributed by atoms with van der Waals surface area (Å²) < 4.78 is 0. The highest BCUT2D eigenvalue weighted by atomic mass is 16.3. The predicted molar refractivity (Wildman–Crippen MR) is 51.0 cm³/mol. The SMILES string of the molecule is CCC(CC#N)NCC(O)C1CC1. The van der Waals surface area contributed by atoms with Crippen molar-refractivity contribution in [3.8, 4) is 6.07 Å². The maximum absolute atomic E-state index is 9.56. The second-order valence-electron chi connectivity index (χ2n) is 3.78. The quantitative estimate of drug-likeness (QED) is 0.645. The lowest BCUT2D eigenvalue weighted by molar-refractivity contribution is 0.144. The van der Waals surface area contributed by atoms with Crippen LogP contribution in [0.25, 0.3) is 0 Å². The second-order valence-corrected chi connectivity index (χ2v) is 3.78. The van der Waals surface area contributed by atoms with Crippen LogP contribution in [0.4, 0.5) is 0 Å². The third-order valence-corrected chi connectivity index (χ3v) is 2.61. The van der Waals surface area contributed by atoms with Gasteiger partial charge in [-0.2, -0.15) is 5.26 Å². The van der Waals surface area contributed by atoms with Crippen molar-refractivity contribution in [3.63, 3.8) is 0 Å². The van der Waals surface area contributed by atoms with E-state index in [0.29, 0.717) is 18.9 Å². The summed E-state index contributed by atoms with van der Waals surface area (Å²) in [5, 5.41) is 21.3. The third-order valence-electron chi connectivity index (χ3n) is 2.61. The third kappa shape index (κ3) is 3.75. The van der Waals surface area contributed by atoms with Gasteiger partial charge in [-0.05, 0) is 25.2 Å². The Morgan fingerprint density at radius 3 is 2.77 bits per heavy atom. The van der Waals surface area contributed by atoms with Gasteiger partial charge < -0.3 is 10.4 Å². The van der Waals surface area contributed by atoms with Gasteiger partial charge in [-0.3, -0.25) is 0 Å². The molecule has 1 saturated carbocycles. The molecule has 0 amide bonds. The van der Waals surface area contributed by atoms with Gasteiger partial charge in [0, 0.05) is 12.6 Å². The lowest BCUT2D eigenvalue weighted by Gasteiger charge is -2.16. The molecular weight excluding hydrogens is 164 g/mol. The molecule has 74 valence electrons. The molecule has 0 heterocycles. The van der Waals surface area contributed by atoms with Crippen LogP contribution in [0.15, 0.2) is 0 Å². The standard InChI is InChI=1S/C10H18N2O/c1-2-9(5-6-11)12-7-10(13)8-3-4-8/h8-10,12-13H,2-5,7H2,1H3. The van der Waals surface area contributed by atoms with Gasteiger partial charge in [0.1, 0.15) is 0 Å². The molecule has 0 bridgehead atoms. The fourth-order valence-corrected chi connectivity index (χ4v) is 1.41. The average molecular weight is 182 g/mol. The van der Waals surface area contributed by atoms with Crippen molar-refractivity contribution in [2.24, 2.45) is 5.92 Å². The highest BCUT2D eigenvalue weighted by Crippen LogP contribution is 2.32.